The largest absolute Gasteiger partial charge is 0.457 e. The van der Waals surface area contributed by atoms with Crippen LogP contribution in [0.2, 0.25) is 0 Å². The molecular formula is C23H20N2O2. The first-order valence-electron chi connectivity index (χ1n) is 8.85. The lowest BCUT2D eigenvalue weighted by Crippen LogP contribution is -2.13. The van der Waals surface area contributed by atoms with E-state index in [9.17, 15) is 4.79 Å². The molecule has 1 N–H and O–H groups in total. The van der Waals surface area contributed by atoms with Gasteiger partial charge in [0.05, 0.1) is 6.54 Å². The Bertz CT molecular complexity index is 1070. The number of aryl methyl sites for hydroxylation is 1. The molecule has 0 atom stereocenters. The molecule has 4 rings (SSSR count). The van der Waals surface area contributed by atoms with E-state index in [-0.39, 0.29) is 12.3 Å². The fourth-order valence-corrected chi connectivity index (χ4v) is 3.11. The fraction of sp³-hybridized carbons (Fsp3) is 0.0870. The molecule has 0 amide bonds. The summed E-state index contributed by atoms with van der Waals surface area (Å²) in [6.45, 7) is 0.243. The maximum Gasteiger partial charge on any atom is 0.184 e. The van der Waals surface area contributed by atoms with Gasteiger partial charge in [-0.15, -0.1) is 0 Å². The summed E-state index contributed by atoms with van der Waals surface area (Å²) < 4.78 is 7.77. The summed E-state index contributed by atoms with van der Waals surface area (Å²) in [6.07, 6.45) is 1.89. The Morgan fingerprint density at radius 2 is 1.56 bits per heavy atom. The Hall–Kier alpha value is -3.53. The van der Waals surface area contributed by atoms with Crippen LogP contribution in [0.3, 0.4) is 0 Å². The third-order valence-electron chi connectivity index (χ3n) is 4.48. The highest BCUT2D eigenvalue weighted by molar-refractivity contribution is 6.09. The minimum Gasteiger partial charge on any atom is -0.457 e. The van der Waals surface area contributed by atoms with E-state index in [1.165, 1.54) is 0 Å². The van der Waals surface area contributed by atoms with Crippen LogP contribution in [0.4, 0.5) is 5.69 Å². The quantitative estimate of drug-likeness (QED) is 0.479. The molecule has 134 valence electrons. The van der Waals surface area contributed by atoms with Crippen molar-refractivity contribution in [2.24, 2.45) is 7.05 Å². The summed E-state index contributed by atoms with van der Waals surface area (Å²) in [5.74, 6) is 1.62. The van der Waals surface area contributed by atoms with Gasteiger partial charge in [-0.1, -0.05) is 36.4 Å². The number of nitrogens with zero attached hydrogens (tertiary/aromatic N) is 1. The van der Waals surface area contributed by atoms with Crippen molar-refractivity contribution in [2.75, 3.05) is 11.9 Å². The van der Waals surface area contributed by atoms with Gasteiger partial charge in [0.1, 0.15) is 11.5 Å². The van der Waals surface area contributed by atoms with Crippen molar-refractivity contribution in [3.05, 3.63) is 90.6 Å². The van der Waals surface area contributed by atoms with E-state index in [0.29, 0.717) is 0 Å². The number of nitrogens with one attached hydrogen (secondary N) is 1. The number of aromatic nitrogens is 1. The molecule has 1 aromatic heterocycles. The van der Waals surface area contributed by atoms with Gasteiger partial charge in [-0.05, 0) is 42.5 Å². The van der Waals surface area contributed by atoms with Crippen molar-refractivity contribution in [2.45, 2.75) is 0 Å². The summed E-state index contributed by atoms with van der Waals surface area (Å²) in [5, 5.41) is 4.18. The van der Waals surface area contributed by atoms with Crippen LogP contribution >= 0.6 is 0 Å². The van der Waals surface area contributed by atoms with Crippen LogP contribution in [0.25, 0.3) is 10.9 Å². The second-order valence-electron chi connectivity index (χ2n) is 6.39. The highest BCUT2D eigenvalue weighted by Gasteiger charge is 2.13. The second kappa shape index (κ2) is 7.38. The predicted octanol–water partition coefficient (Wildman–Crippen LogP) is 5.27. The number of fused-ring (bicyclic) bond motifs is 1. The molecule has 0 bridgehead atoms. The van der Waals surface area contributed by atoms with Gasteiger partial charge in [0.15, 0.2) is 5.78 Å². The molecule has 0 aliphatic rings. The molecule has 0 radical (unpaired) electrons. The van der Waals surface area contributed by atoms with Crippen LogP contribution in [0, 0.1) is 0 Å². The summed E-state index contributed by atoms with van der Waals surface area (Å²) >= 11 is 0. The van der Waals surface area contributed by atoms with Gasteiger partial charge in [0, 0.05) is 35.4 Å². The molecule has 4 nitrogen and oxygen atoms in total. The van der Waals surface area contributed by atoms with E-state index in [4.69, 9.17) is 4.74 Å². The van der Waals surface area contributed by atoms with Crippen LogP contribution in [-0.2, 0) is 7.05 Å². The van der Waals surface area contributed by atoms with Crippen LogP contribution in [0.1, 0.15) is 10.4 Å². The number of ether oxygens (including phenoxy) is 1. The van der Waals surface area contributed by atoms with E-state index in [0.717, 1.165) is 33.7 Å². The number of carbonyl (C=O) groups is 1. The predicted molar refractivity (Wildman–Crippen MR) is 109 cm³/mol. The highest BCUT2D eigenvalue weighted by atomic mass is 16.5. The number of anilines is 1. The first-order chi connectivity index (χ1) is 13.2. The minimum atomic E-state index is 0.0661. The van der Waals surface area contributed by atoms with Crippen LogP contribution < -0.4 is 10.1 Å². The minimum absolute atomic E-state index is 0.0661. The first-order valence-corrected chi connectivity index (χ1v) is 8.85. The Morgan fingerprint density at radius 3 is 2.33 bits per heavy atom. The molecular weight excluding hydrogens is 336 g/mol. The first kappa shape index (κ1) is 16.9. The number of ketones is 1. The van der Waals surface area contributed by atoms with Crippen LogP contribution in [-0.4, -0.2) is 16.9 Å². The zero-order valence-electron chi connectivity index (χ0n) is 15.1. The molecule has 0 fully saturated rings. The number of para-hydroxylation sites is 2. The molecule has 0 aliphatic carbocycles. The average molecular weight is 356 g/mol. The standard InChI is InChI=1S/C23H20N2O2/c1-25-16-21(20-9-5-6-10-22(20)25)23(26)15-24-17-11-13-19(14-12-17)27-18-7-3-2-4-8-18/h2-14,16,24H,15H2,1H3. The molecule has 0 aliphatic heterocycles. The van der Waals surface area contributed by atoms with Crippen molar-refractivity contribution in [1.82, 2.24) is 4.57 Å². The summed E-state index contributed by atoms with van der Waals surface area (Å²) in [6, 6.07) is 25.2. The normalized spacial score (nSPS) is 10.7. The number of hydrogen-bond acceptors (Lipinski definition) is 3. The van der Waals surface area contributed by atoms with Crippen LogP contribution in [0.15, 0.2) is 85.1 Å². The molecule has 0 spiro atoms. The Balaban J connectivity index is 1.41. The molecule has 4 heteroatoms. The Kier molecular flexibility index (Phi) is 4.62. The van der Waals surface area contributed by atoms with E-state index in [1.807, 2.05) is 96.7 Å². The van der Waals surface area contributed by atoms with Crippen molar-refractivity contribution in [1.29, 1.82) is 0 Å². The third kappa shape index (κ3) is 3.70. The number of benzene rings is 3. The summed E-state index contributed by atoms with van der Waals surface area (Å²) in [7, 11) is 1.96. The van der Waals surface area contributed by atoms with Crippen LogP contribution in [0.5, 0.6) is 11.5 Å². The van der Waals surface area contributed by atoms with Gasteiger partial charge in [-0.2, -0.15) is 0 Å². The molecule has 4 aromatic rings. The van der Waals surface area contributed by atoms with Gasteiger partial charge in [0.2, 0.25) is 0 Å². The van der Waals surface area contributed by atoms with Gasteiger partial charge >= 0.3 is 0 Å². The number of hydrogen-bond donors (Lipinski definition) is 1. The van der Waals surface area contributed by atoms with Gasteiger partial charge in [-0.25, -0.2) is 0 Å². The second-order valence-corrected chi connectivity index (χ2v) is 6.39. The number of Topliss-reactive ketones (excluding diaryl/α,β-unsaturated/α-hetero) is 1. The SMILES string of the molecule is Cn1cc(C(=O)CNc2ccc(Oc3ccccc3)cc2)c2ccccc21. The van der Waals surface area contributed by atoms with Crippen molar-refractivity contribution < 1.29 is 9.53 Å². The smallest absolute Gasteiger partial charge is 0.184 e. The van der Waals surface area contributed by atoms with E-state index in [1.54, 1.807) is 0 Å². The zero-order valence-corrected chi connectivity index (χ0v) is 15.1. The molecule has 0 saturated carbocycles. The van der Waals surface area contributed by atoms with Crippen molar-refractivity contribution in [3.63, 3.8) is 0 Å². The molecule has 1 heterocycles. The van der Waals surface area contributed by atoms with Crippen molar-refractivity contribution >= 4 is 22.4 Å². The van der Waals surface area contributed by atoms with E-state index < -0.39 is 0 Å². The fourth-order valence-electron chi connectivity index (χ4n) is 3.11. The van der Waals surface area contributed by atoms with Gasteiger partial charge in [0.25, 0.3) is 0 Å². The summed E-state index contributed by atoms with van der Waals surface area (Å²) in [4.78, 5) is 12.7. The number of carbonyl (C=O) groups excluding carboxylic acids is 1. The third-order valence-corrected chi connectivity index (χ3v) is 4.48. The lowest BCUT2D eigenvalue weighted by molar-refractivity contribution is 0.101. The molecule has 3 aromatic carbocycles. The zero-order chi connectivity index (χ0) is 18.6. The van der Waals surface area contributed by atoms with Crippen molar-refractivity contribution in [3.8, 4) is 11.5 Å². The highest BCUT2D eigenvalue weighted by Crippen LogP contribution is 2.23. The Morgan fingerprint density at radius 1 is 0.889 bits per heavy atom. The number of rotatable bonds is 6. The van der Waals surface area contributed by atoms with Gasteiger partial charge in [-0.3, -0.25) is 4.79 Å². The molecule has 0 unspecified atom stereocenters. The maximum absolute atomic E-state index is 12.7. The lowest BCUT2D eigenvalue weighted by atomic mass is 10.1. The average Bonchev–Trinajstić information content (AvgIpc) is 3.05. The maximum atomic E-state index is 12.7. The van der Waals surface area contributed by atoms with E-state index in [2.05, 4.69) is 5.32 Å². The topological polar surface area (TPSA) is 43.3 Å². The molecule has 0 saturated heterocycles. The summed E-state index contributed by atoms with van der Waals surface area (Å²) in [5.41, 5.74) is 2.68. The lowest BCUT2D eigenvalue weighted by Gasteiger charge is -2.08. The Labute approximate surface area is 158 Å². The molecule has 27 heavy (non-hydrogen) atoms. The monoisotopic (exact) mass is 356 g/mol. The van der Waals surface area contributed by atoms with Gasteiger partial charge < -0.3 is 14.6 Å². The van der Waals surface area contributed by atoms with E-state index >= 15 is 0 Å².